The van der Waals surface area contributed by atoms with E-state index in [-0.39, 0.29) is 24.8 Å². The summed E-state index contributed by atoms with van der Waals surface area (Å²) in [7, 11) is 0. The van der Waals surface area contributed by atoms with E-state index in [0.29, 0.717) is 19.3 Å². The predicted molar refractivity (Wildman–Crippen MR) is 72.1 cm³/mol. The van der Waals surface area contributed by atoms with Gasteiger partial charge in [-0.1, -0.05) is 24.3 Å². The molecule has 4 heteroatoms. The zero-order valence-corrected chi connectivity index (χ0v) is 11.5. The lowest BCUT2D eigenvalue weighted by Gasteiger charge is -2.41. The Hall–Kier alpha value is -1.68. The third-order valence-electron chi connectivity index (χ3n) is 4.80. The standard InChI is InChI=1S/C16H18O4/c1-11-4-2-3-5-12(11)8-15-7-6-13(17)9-16(15,19)10-20-14(15)18/h2-5,19H,6-10H2,1H3/t15-,16+/m1/s1. The van der Waals surface area contributed by atoms with Gasteiger partial charge in [0.1, 0.15) is 23.4 Å². The number of carbonyl (C=O) groups is 2. The van der Waals surface area contributed by atoms with Gasteiger partial charge >= 0.3 is 5.97 Å². The minimum atomic E-state index is -1.35. The van der Waals surface area contributed by atoms with Gasteiger partial charge in [0.15, 0.2) is 0 Å². The molecule has 2 fully saturated rings. The molecule has 106 valence electrons. The van der Waals surface area contributed by atoms with Crippen molar-refractivity contribution >= 4 is 11.8 Å². The molecule has 4 nitrogen and oxygen atoms in total. The molecule has 1 aromatic carbocycles. The summed E-state index contributed by atoms with van der Waals surface area (Å²) in [6, 6.07) is 7.82. The van der Waals surface area contributed by atoms with Crippen LogP contribution in [0, 0.1) is 12.3 Å². The smallest absolute Gasteiger partial charge is 0.315 e. The molecule has 1 aromatic rings. The first-order valence-electron chi connectivity index (χ1n) is 6.93. The molecule has 1 aliphatic carbocycles. The number of benzene rings is 1. The van der Waals surface area contributed by atoms with Crippen molar-refractivity contribution in [3.05, 3.63) is 35.4 Å². The van der Waals surface area contributed by atoms with Crippen LogP contribution in [0.5, 0.6) is 0 Å². The summed E-state index contributed by atoms with van der Waals surface area (Å²) >= 11 is 0. The molecular weight excluding hydrogens is 256 g/mol. The molecule has 1 saturated heterocycles. The van der Waals surface area contributed by atoms with E-state index in [0.717, 1.165) is 11.1 Å². The monoisotopic (exact) mass is 274 g/mol. The molecule has 0 unspecified atom stereocenters. The first-order valence-corrected chi connectivity index (χ1v) is 6.93. The van der Waals surface area contributed by atoms with Crippen LogP contribution in [0.15, 0.2) is 24.3 Å². The number of ether oxygens (including phenoxy) is 1. The fourth-order valence-electron chi connectivity index (χ4n) is 3.43. The van der Waals surface area contributed by atoms with Crippen molar-refractivity contribution in [2.24, 2.45) is 5.41 Å². The van der Waals surface area contributed by atoms with Crippen LogP contribution in [0.25, 0.3) is 0 Å². The number of cyclic esters (lactones) is 1. The first-order chi connectivity index (χ1) is 9.47. The first kappa shape index (κ1) is 13.3. The number of esters is 1. The Labute approximate surface area is 117 Å². The molecule has 1 saturated carbocycles. The summed E-state index contributed by atoms with van der Waals surface area (Å²) < 4.78 is 5.13. The molecule has 3 rings (SSSR count). The van der Waals surface area contributed by atoms with Gasteiger partial charge in [-0.15, -0.1) is 0 Å². The van der Waals surface area contributed by atoms with Crippen LogP contribution in [-0.2, 0) is 20.7 Å². The van der Waals surface area contributed by atoms with Crippen LogP contribution >= 0.6 is 0 Å². The second-order valence-corrected chi connectivity index (χ2v) is 6.01. The van der Waals surface area contributed by atoms with Crippen molar-refractivity contribution in [3.63, 3.8) is 0 Å². The molecule has 20 heavy (non-hydrogen) atoms. The molecule has 0 radical (unpaired) electrons. The summed E-state index contributed by atoms with van der Waals surface area (Å²) in [5.74, 6) is -0.359. The molecule has 1 heterocycles. The highest BCUT2D eigenvalue weighted by Gasteiger charge is 2.64. The Morgan fingerprint density at radius 1 is 1.30 bits per heavy atom. The number of aliphatic hydroxyl groups is 1. The maximum atomic E-state index is 12.3. The average Bonchev–Trinajstić information content (AvgIpc) is 2.65. The van der Waals surface area contributed by atoms with Crippen LogP contribution in [0.1, 0.15) is 30.4 Å². The zero-order valence-electron chi connectivity index (χ0n) is 11.5. The lowest BCUT2D eigenvalue weighted by molar-refractivity contribution is -0.154. The SMILES string of the molecule is Cc1ccccc1C[C@@]12CCC(=O)C[C@]1(O)COC2=O. The Kier molecular flexibility index (Phi) is 2.94. The molecule has 2 atom stereocenters. The van der Waals surface area contributed by atoms with Gasteiger partial charge in [-0.2, -0.15) is 0 Å². The maximum Gasteiger partial charge on any atom is 0.315 e. The lowest BCUT2D eigenvalue weighted by Crippen LogP contribution is -2.54. The summed E-state index contributed by atoms with van der Waals surface area (Å²) in [5, 5.41) is 10.8. The molecule has 0 bridgehead atoms. The summed E-state index contributed by atoms with van der Waals surface area (Å²) in [6.45, 7) is 1.92. The van der Waals surface area contributed by atoms with Crippen LogP contribution in [0.4, 0.5) is 0 Å². The van der Waals surface area contributed by atoms with Crippen LogP contribution in [0.3, 0.4) is 0 Å². The van der Waals surface area contributed by atoms with Crippen molar-refractivity contribution in [3.8, 4) is 0 Å². The Morgan fingerprint density at radius 2 is 2.05 bits per heavy atom. The zero-order chi connectivity index (χ0) is 14.4. The second-order valence-electron chi connectivity index (χ2n) is 6.01. The number of fused-ring (bicyclic) bond motifs is 1. The van der Waals surface area contributed by atoms with Gasteiger partial charge in [0.2, 0.25) is 0 Å². The van der Waals surface area contributed by atoms with E-state index in [1.165, 1.54) is 0 Å². The number of hydrogen-bond acceptors (Lipinski definition) is 4. The lowest BCUT2D eigenvalue weighted by atomic mass is 9.61. The van der Waals surface area contributed by atoms with Crippen molar-refractivity contribution in [2.45, 2.75) is 38.2 Å². The van der Waals surface area contributed by atoms with E-state index < -0.39 is 11.0 Å². The Morgan fingerprint density at radius 3 is 2.80 bits per heavy atom. The van der Waals surface area contributed by atoms with Gasteiger partial charge in [0, 0.05) is 12.8 Å². The number of rotatable bonds is 2. The van der Waals surface area contributed by atoms with Crippen molar-refractivity contribution in [1.82, 2.24) is 0 Å². The average molecular weight is 274 g/mol. The highest BCUT2D eigenvalue weighted by Crippen LogP contribution is 2.50. The quantitative estimate of drug-likeness (QED) is 0.831. The number of Topliss-reactive ketones (excluding diaryl/α,β-unsaturated/α-hetero) is 1. The number of carbonyl (C=O) groups excluding carboxylic acids is 2. The van der Waals surface area contributed by atoms with Crippen molar-refractivity contribution < 1.29 is 19.4 Å². The summed E-state index contributed by atoms with van der Waals surface area (Å²) in [6.07, 6.45) is 1.16. The van der Waals surface area contributed by atoms with E-state index in [9.17, 15) is 14.7 Å². The van der Waals surface area contributed by atoms with Crippen LogP contribution < -0.4 is 0 Å². The summed E-state index contributed by atoms with van der Waals surface area (Å²) in [5.41, 5.74) is -0.200. The molecule has 0 aromatic heterocycles. The van der Waals surface area contributed by atoms with Crippen LogP contribution in [0.2, 0.25) is 0 Å². The normalized spacial score (nSPS) is 32.9. The van der Waals surface area contributed by atoms with Gasteiger partial charge in [0.25, 0.3) is 0 Å². The van der Waals surface area contributed by atoms with E-state index in [1.807, 2.05) is 31.2 Å². The molecule has 1 aliphatic heterocycles. The fourth-order valence-corrected chi connectivity index (χ4v) is 3.43. The van der Waals surface area contributed by atoms with E-state index in [2.05, 4.69) is 0 Å². The van der Waals surface area contributed by atoms with Crippen molar-refractivity contribution in [1.29, 1.82) is 0 Å². The number of aryl methyl sites for hydroxylation is 1. The Balaban J connectivity index is 2.01. The molecule has 0 spiro atoms. The molecule has 1 N–H and O–H groups in total. The van der Waals surface area contributed by atoms with Crippen molar-refractivity contribution in [2.75, 3.05) is 6.61 Å². The van der Waals surface area contributed by atoms with Gasteiger partial charge < -0.3 is 9.84 Å². The van der Waals surface area contributed by atoms with Crippen LogP contribution in [-0.4, -0.2) is 29.1 Å². The summed E-state index contributed by atoms with van der Waals surface area (Å²) in [4.78, 5) is 23.9. The second kappa shape index (κ2) is 4.42. The van der Waals surface area contributed by atoms with Gasteiger partial charge in [-0.05, 0) is 30.9 Å². The topological polar surface area (TPSA) is 63.6 Å². The fraction of sp³-hybridized carbons (Fsp3) is 0.500. The predicted octanol–water partition coefficient (Wildman–Crippen LogP) is 1.56. The largest absolute Gasteiger partial charge is 0.462 e. The van der Waals surface area contributed by atoms with Gasteiger partial charge in [-0.3, -0.25) is 9.59 Å². The molecular formula is C16H18O4. The third kappa shape index (κ3) is 1.79. The number of ketones is 1. The third-order valence-corrected chi connectivity index (χ3v) is 4.80. The van der Waals surface area contributed by atoms with E-state index in [1.54, 1.807) is 0 Å². The molecule has 0 amide bonds. The highest BCUT2D eigenvalue weighted by atomic mass is 16.6. The van der Waals surface area contributed by atoms with E-state index >= 15 is 0 Å². The van der Waals surface area contributed by atoms with Gasteiger partial charge in [0.05, 0.1) is 0 Å². The minimum absolute atomic E-state index is 0.00575. The number of hydrogen-bond donors (Lipinski definition) is 1. The highest BCUT2D eigenvalue weighted by molar-refractivity contribution is 5.89. The Bertz CT molecular complexity index is 580. The van der Waals surface area contributed by atoms with Gasteiger partial charge in [-0.25, -0.2) is 0 Å². The van der Waals surface area contributed by atoms with E-state index in [4.69, 9.17) is 4.74 Å². The maximum absolute atomic E-state index is 12.3. The minimum Gasteiger partial charge on any atom is -0.462 e. The molecule has 2 aliphatic rings.